The lowest BCUT2D eigenvalue weighted by molar-refractivity contribution is 0.591. The standard InChI is InChI=1S/C62H54N2O/c1-39-17-25-47(26-18-39)63(59-51-15-11-9-13-41(51)23-31-55(59)61(3,4)5)49-29-21-43-35-53-54-36-44-22-30-50(34-46(44)38-58(54)65-57(53)37-45(43)33-49)64(48-27-19-40(2)20-28-48)60-52-16-12-10-14-42(52)24-32-56(60)62(6,7)8/h9-38H,1-8H3. The van der Waals surface area contributed by atoms with Gasteiger partial charge in [0.25, 0.3) is 0 Å². The van der Waals surface area contributed by atoms with E-state index in [0.29, 0.717) is 0 Å². The largest absolute Gasteiger partial charge is 0.456 e. The van der Waals surface area contributed by atoms with Gasteiger partial charge in [-0.05, 0) is 141 Å². The Labute approximate surface area is 382 Å². The molecular weight excluding hydrogens is 789 g/mol. The number of nitrogens with zero attached hydrogens (tertiary/aromatic N) is 2. The maximum absolute atomic E-state index is 6.85. The quantitative estimate of drug-likeness (QED) is 0.166. The molecule has 318 valence electrons. The minimum Gasteiger partial charge on any atom is -0.456 e. The number of aryl methyl sites for hydroxylation is 2. The van der Waals surface area contributed by atoms with Crippen molar-refractivity contribution in [1.29, 1.82) is 0 Å². The monoisotopic (exact) mass is 842 g/mol. The zero-order chi connectivity index (χ0) is 44.8. The van der Waals surface area contributed by atoms with Gasteiger partial charge in [0, 0.05) is 44.3 Å². The molecule has 0 aliphatic rings. The van der Waals surface area contributed by atoms with E-state index < -0.39 is 0 Å². The highest BCUT2D eigenvalue weighted by Crippen LogP contribution is 2.48. The predicted molar refractivity (Wildman–Crippen MR) is 280 cm³/mol. The van der Waals surface area contributed by atoms with E-state index in [1.165, 1.54) is 65.9 Å². The molecular formula is C62H54N2O. The molecule has 1 heterocycles. The first-order valence-corrected chi connectivity index (χ1v) is 22.9. The van der Waals surface area contributed by atoms with Crippen LogP contribution in [-0.4, -0.2) is 0 Å². The van der Waals surface area contributed by atoms with Gasteiger partial charge in [0.2, 0.25) is 0 Å². The van der Waals surface area contributed by atoms with E-state index in [-0.39, 0.29) is 10.8 Å². The molecule has 1 aromatic heterocycles. The Morgan fingerprint density at radius 2 is 0.692 bits per heavy atom. The fraction of sp³-hybridized carbons (Fsp3) is 0.161. The maximum Gasteiger partial charge on any atom is 0.136 e. The molecule has 3 heteroatoms. The van der Waals surface area contributed by atoms with Crippen molar-refractivity contribution in [3.63, 3.8) is 0 Å². The zero-order valence-corrected chi connectivity index (χ0v) is 38.6. The third-order valence-electron chi connectivity index (χ3n) is 13.3. The smallest absolute Gasteiger partial charge is 0.136 e. The highest BCUT2D eigenvalue weighted by molar-refractivity contribution is 6.14. The summed E-state index contributed by atoms with van der Waals surface area (Å²) in [4.78, 5) is 4.91. The van der Waals surface area contributed by atoms with Crippen LogP contribution in [0.25, 0.3) is 65.0 Å². The van der Waals surface area contributed by atoms with E-state index in [4.69, 9.17) is 4.42 Å². The van der Waals surface area contributed by atoms with Gasteiger partial charge < -0.3 is 14.2 Å². The molecule has 0 unspecified atom stereocenters. The third kappa shape index (κ3) is 7.07. The summed E-state index contributed by atoms with van der Waals surface area (Å²) >= 11 is 0. The Hall–Kier alpha value is -7.36. The molecule has 0 N–H and O–H groups in total. The maximum atomic E-state index is 6.85. The van der Waals surface area contributed by atoms with Crippen LogP contribution in [-0.2, 0) is 10.8 Å². The van der Waals surface area contributed by atoms with Gasteiger partial charge in [-0.25, -0.2) is 0 Å². The molecule has 11 rings (SSSR count). The van der Waals surface area contributed by atoms with Crippen molar-refractivity contribution in [1.82, 2.24) is 0 Å². The molecule has 0 saturated heterocycles. The average molecular weight is 843 g/mol. The molecule has 65 heavy (non-hydrogen) atoms. The fourth-order valence-electron chi connectivity index (χ4n) is 9.92. The number of hydrogen-bond donors (Lipinski definition) is 0. The molecule has 0 amide bonds. The van der Waals surface area contributed by atoms with Crippen LogP contribution in [0.2, 0.25) is 0 Å². The van der Waals surface area contributed by atoms with Gasteiger partial charge in [-0.2, -0.15) is 0 Å². The summed E-state index contributed by atoms with van der Waals surface area (Å²) in [6.45, 7) is 18.2. The van der Waals surface area contributed by atoms with Gasteiger partial charge in [-0.1, -0.05) is 162 Å². The molecule has 0 fully saturated rings. The van der Waals surface area contributed by atoms with E-state index in [1.54, 1.807) is 0 Å². The normalized spacial score (nSPS) is 12.3. The van der Waals surface area contributed by atoms with Crippen LogP contribution in [0.15, 0.2) is 186 Å². The summed E-state index contributed by atoms with van der Waals surface area (Å²) in [7, 11) is 0. The molecule has 0 atom stereocenters. The van der Waals surface area contributed by atoms with E-state index in [2.05, 4.69) is 247 Å². The summed E-state index contributed by atoms with van der Waals surface area (Å²) in [6, 6.07) is 67.4. The van der Waals surface area contributed by atoms with Gasteiger partial charge in [0.05, 0.1) is 11.4 Å². The second-order valence-electron chi connectivity index (χ2n) is 20.1. The highest BCUT2D eigenvalue weighted by Gasteiger charge is 2.28. The topological polar surface area (TPSA) is 19.6 Å². The fourth-order valence-corrected chi connectivity index (χ4v) is 9.92. The third-order valence-corrected chi connectivity index (χ3v) is 13.3. The lowest BCUT2D eigenvalue weighted by Crippen LogP contribution is -2.19. The molecule has 0 aliphatic heterocycles. The molecule has 3 nitrogen and oxygen atoms in total. The first-order valence-electron chi connectivity index (χ1n) is 22.9. The number of furan rings is 1. The summed E-state index contributed by atoms with van der Waals surface area (Å²) in [6.07, 6.45) is 0. The van der Waals surface area contributed by atoms with Crippen molar-refractivity contribution in [3.8, 4) is 0 Å². The van der Waals surface area contributed by atoms with Crippen molar-refractivity contribution < 1.29 is 4.42 Å². The second kappa shape index (κ2) is 15.1. The molecule has 0 aliphatic carbocycles. The van der Waals surface area contributed by atoms with Crippen LogP contribution in [0, 0.1) is 13.8 Å². The van der Waals surface area contributed by atoms with E-state index in [1.807, 2.05) is 0 Å². The Bertz CT molecular complexity index is 3400. The minimum atomic E-state index is -0.0891. The first-order chi connectivity index (χ1) is 31.3. The lowest BCUT2D eigenvalue weighted by Gasteiger charge is -2.33. The van der Waals surface area contributed by atoms with Gasteiger partial charge in [-0.15, -0.1) is 0 Å². The van der Waals surface area contributed by atoms with Crippen LogP contribution >= 0.6 is 0 Å². The van der Waals surface area contributed by atoms with Crippen molar-refractivity contribution in [2.45, 2.75) is 66.2 Å². The molecule has 0 bridgehead atoms. The summed E-state index contributed by atoms with van der Waals surface area (Å²) in [5.74, 6) is 0. The zero-order valence-electron chi connectivity index (χ0n) is 38.6. The Kier molecular flexibility index (Phi) is 9.41. The number of fused-ring (bicyclic) bond motifs is 7. The van der Waals surface area contributed by atoms with Crippen molar-refractivity contribution in [3.05, 3.63) is 204 Å². The van der Waals surface area contributed by atoms with Crippen molar-refractivity contribution in [2.75, 3.05) is 9.80 Å². The second-order valence-corrected chi connectivity index (χ2v) is 20.1. The van der Waals surface area contributed by atoms with E-state index >= 15 is 0 Å². The van der Waals surface area contributed by atoms with Gasteiger partial charge in [-0.3, -0.25) is 0 Å². The van der Waals surface area contributed by atoms with Crippen LogP contribution < -0.4 is 9.80 Å². The van der Waals surface area contributed by atoms with Gasteiger partial charge >= 0.3 is 0 Å². The van der Waals surface area contributed by atoms with E-state index in [9.17, 15) is 0 Å². The molecule has 11 aromatic rings. The van der Waals surface area contributed by atoms with Crippen molar-refractivity contribution >= 4 is 99.2 Å². The molecule has 10 aromatic carbocycles. The van der Waals surface area contributed by atoms with Crippen LogP contribution in [0.3, 0.4) is 0 Å². The van der Waals surface area contributed by atoms with Gasteiger partial charge in [0.1, 0.15) is 11.2 Å². The molecule has 0 saturated carbocycles. The van der Waals surface area contributed by atoms with E-state index in [0.717, 1.165) is 55.5 Å². The first kappa shape index (κ1) is 40.4. The van der Waals surface area contributed by atoms with Crippen LogP contribution in [0.1, 0.15) is 63.8 Å². The average Bonchev–Trinajstić information content (AvgIpc) is 3.63. The SMILES string of the molecule is Cc1ccc(N(c2ccc3cc4c(cc3c2)oc2cc3cc(N(c5ccc(C)cc5)c5c(C(C)(C)C)ccc6ccccc56)ccc3cc24)c2c(C(C)(C)C)ccc3ccccc23)cc1. The summed E-state index contributed by atoms with van der Waals surface area (Å²) in [5, 5.41) is 11.8. The number of hydrogen-bond acceptors (Lipinski definition) is 3. The Balaban J connectivity index is 1.07. The van der Waals surface area contributed by atoms with Crippen LogP contribution in [0.5, 0.6) is 0 Å². The molecule has 0 spiro atoms. The predicted octanol–water partition coefficient (Wildman–Crippen LogP) is 18.4. The number of rotatable bonds is 6. The lowest BCUT2D eigenvalue weighted by atomic mass is 9.83. The Morgan fingerprint density at radius 3 is 1.09 bits per heavy atom. The Morgan fingerprint density at radius 1 is 0.323 bits per heavy atom. The molecule has 0 radical (unpaired) electrons. The highest BCUT2D eigenvalue weighted by atomic mass is 16.3. The van der Waals surface area contributed by atoms with Crippen molar-refractivity contribution in [2.24, 2.45) is 0 Å². The van der Waals surface area contributed by atoms with Gasteiger partial charge in [0.15, 0.2) is 0 Å². The minimum absolute atomic E-state index is 0.0891. The summed E-state index contributed by atoms with van der Waals surface area (Å²) in [5.41, 5.74) is 13.6. The number of anilines is 6. The summed E-state index contributed by atoms with van der Waals surface area (Å²) < 4.78 is 6.85. The number of benzene rings is 10. The van der Waals surface area contributed by atoms with Crippen LogP contribution in [0.4, 0.5) is 34.1 Å².